The number of aromatic nitrogens is 1. The van der Waals surface area contributed by atoms with Crippen molar-refractivity contribution < 1.29 is 13.2 Å². The maximum absolute atomic E-state index is 12.1. The van der Waals surface area contributed by atoms with E-state index < -0.39 is 11.9 Å². The van der Waals surface area contributed by atoms with Crippen LogP contribution in [0.2, 0.25) is 0 Å². The Balaban J connectivity index is 3.10. The van der Waals surface area contributed by atoms with Crippen molar-refractivity contribution in [1.82, 2.24) is 4.98 Å². The smallest absolute Gasteiger partial charge is 0.248 e. The molecule has 1 aromatic rings. The van der Waals surface area contributed by atoms with Gasteiger partial charge in [-0.15, -0.1) is 0 Å². The molecule has 0 aromatic carbocycles. The summed E-state index contributed by atoms with van der Waals surface area (Å²) in [5.41, 5.74) is 0.493. The van der Waals surface area contributed by atoms with Gasteiger partial charge in [0.15, 0.2) is 0 Å². The fraction of sp³-hybridized carbons (Fsp3) is 0.444. The fourth-order valence-electron chi connectivity index (χ4n) is 1.12. The Hall–Kier alpha value is -1.06. The number of hydrogen-bond acceptors (Lipinski definition) is 1. The molecule has 1 aromatic heterocycles. The Bertz CT molecular complexity index is 304. The first-order valence-electron chi connectivity index (χ1n) is 3.99. The molecule has 0 bridgehead atoms. The summed E-state index contributed by atoms with van der Waals surface area (Å²) in [5.74, 6) is 0. The van der Waals surface area contributed by atoms with Crippen LogP contribution < -0.4 is 0 Å². The number of aryl methyl sites for hydroxylation is 2. The van der Waals surface area contributed by atoms with Crippen molar-refractivity contribution >= 4 is 0 Å². The highest BCUT2D eigenvalue weighted by molar-refractivity contribution is 5.23. The van der Waals surface area contributed by atoms with E-state index in [1.54, 1.807) is 6.92 Å². The molecule has 1 nitrogen and oxygen atoms in total. The normalized spacial score (nSPS) is 11.8. The molecule has 4 heteroatoms. The molecule has 0 saturated heterocycles. The van der Waals surface area contributed by atoms with Crippen molar-refractivity contribution in [2.24, 2.45) is 0 Å². The molecular formula is C9H10F3N. The van der Waals surface area contributed by atoms with Crippen LogP contribution in [0, 0.1) is 6.92 Å². The van der Waals surface area contributed by atoms with Gasteiger partial charge in [-0.1, -0.05) is 13.0 Å². The van der Waals surface area contributed by atoms with Crippen molar-refractivity contribution in [2.45, 2.75) is 26.4 Å². The summed E-state index contributed by atoms with van der Waals surface area (Å²) in [4.78, 5) is 3.49. The molecule has 0 unspecified atom stereocenters. The Kier molecular flexibility index (Phi) is 2.59. The summed E-state index contributed by atoms with van der Waals surface area (Å²) in [6.07, 6.45) is -3.63. The van der Waals surface area contributed by atoms with E-state index in [0.717, 1.165) is 11.6 Å². The molecule has 0 aliphatic rings. The molecule has 0 atom stereocenters. The minimum Gasteiger partial charge on any atom is -0.248 e. The van der Waals surface area contributed by atoms with Gasteiger partial charge in [0, 0.05) is 5.69 Å². The fourth-order valence-corrected chi connectivity index (χ4v) is 1.12. The molecule has 0 aliphatic heterocycles. The monoisotopic (exact) mass is 189 g/mol. The first-order chi connectivity index (χ1) is 5.95. The number of pyridine rings is 1. The van der Waals surface area contributed by atoms with Gasteiger partial charge in [-0.3, -0.25) is 0 Å². The zero-order chi connectivity index (χ0) is 10.1. The molecular weight excluding hydrogens is 179 g/mol. The quantitative estimate of drug-likeness (QED) is 0.661. The first-order valence-corrected chi connectivity index (χ1v) is 3.99. The van der Waals surface area contributed by atoms with Crippen molar-refractivity contribution in [3.8, 4) is 0 Å². The van der Waals surface area contributed by atoms with Crippen molar-refractivity contribution in [2.75, 3.05) is 0 Å². The second-order valence-corrected chi connectivity index (χ2v) is 2.79. The van der Waals surface area contributed by atoms with Gasteiger partial charge in [0.25, 0.3) is 0 Å². The molecule has 0 fully saturated rings. The lowest BCUT2D eigenvalue weighted by atomic mass is 10.1. The van der Waals surface area contributed by atoms with Gasteiger partial charge in [0.05, 0.1) is 0 Å². The van der Waals surface area contributed by atoms with Crippen LogP contribution in [0.4, 0.5) is 13.2 Å². The zero-order valence-electron chi connectivity index (χ0n) is 7.44. The van der Waals surface area contributed by atoms with Gasteiger partial charge in [0.2, 0.25) is 0 Å². The lowest BCUT2D eigenvalue weighted by Gasteiger charge is -2.08. The van der Waals surface area contributed by atoms with Gasteiger partial charge in [0.1, 0.15) is 5.69 Å². The molecule has 0 aliphatic carbocycles. The highest BCUT2D eigenvalue weighted by Crippen LogP contribution is 2.28. The van der Waals surface area contributed by atoms with Gasteiger partial charge in [-0.05, 0) is 25.0 Å². The van der Waals surface area contributed by atoms with Crippen LogP contribution in [-0.2, 0) is 12.6 Å². The standard InChI is InChI=1S/C9H10F3N/c1-3-7-4-5-8(9(10,11)12)13-6(7)2/h4-5H,3H2,1-2H3. The Morgan fingerprint density at radius 2 is 1.92 bits per heavy atom. The topological polar surface area (TPSA) is 12.9 Å². The Morgan fingerprint density at radius 3 is 2.31 bits per heavy atom. The second-order valence-electron chi connectivity index (χ2n) is 2.79. The van der Waals surface area contributed by atoms with E-state index in [2.05, 4.69) is 4.98 Å². The van der Waals surface area contributed by atoms with Crippen LogP contribution in [0.25, 0.3) is 0 Å². The van der Waals surface area contributed by atoms with E-state index in [-0.39, 0.29) is 0 Å². The van der Waals surface area contributed by atoms with Crippen LogP contribution >= 0.6 is 0 Å². The maximum Gasteiger partial charge on any atom is 0.433 e. The molecule has 13 heavy (non-hydrogen) atoms. The molecule has 0 radical (unpaired) electrons. The van der Waals surface area contributed by atoms with Crippen molar-refractivity contribution in [3.63, 3.8) is 0 Å². The summed E-state index contributed by atoms with van der Waals surface area (Å²) in [5, 5.41) is 0. The average Bonchev–Trinajstić information content (AvgIpc) is 2.02. The number of hydrogen-bond donors (Lipinski definition) is 0. The summed E-state index contributed by atoms with van der Waals surface area (Å²) in [6.45, 7) is 3.48. The van der Waals surface area contributed by atoms with Crippen LogP contribution in [0.15, 0.2) is 12.1 Å². The number of halogens is 3. The lowest BCUT2D eigenvalue weighted by molar-refractivity contribution is -0.141. The van der Waals surface area contributed by atoms with Crippen LogP contribution in [0.3, 0.4) is 0 Å². The highest BCUT2D eigenvalue weighted by Gasteiger charge is 2.32. The maximum atomic E-state index is 12.1. The predicted octanol–water partition coefficient (Wildman–Crippen LogP) is 2.97. The second kappa shape index (κ2) is 3.36. The van der Waals surface area contributed by atoms with Crippen LogP contribution in [0.5, 0.6) is 0 Å². The van der Waals surface area contributed by atoms with Gasteiger partial charge in [-0.2, -0.15) is 13.2 Å². The van der Waals surface area contributed by atoms with E-state index >= 15 is 0 Å². The molecule has 0 saturated carbocycles. The van der Waals surface area contributed by atoms with Crippen LogP contribution in [-0.4, -0.2) is 4.98 Å². The van der Waals surface area contributed by atoms with E-state index in [0.29, 0.717) is 12.1 Å². The molecule has 1 rings (SSSR count). The zero-order valence-corrected chi connectivity index (χ0v) is 7.44. The van der Waals surface area contributed by atoms with E-state index in [1.165, 1.54) is 6.07 Å². The molecule has 0 spiro atoms. The third kappa shape index (κ3) is 2.20. The predicted molar refractivity (Wildman–Crippen MR) is 43.4 cm³/mol. The number of nitrogens with zero attached hydrogens (tertiary/aromatic N) is 1. The van der Waals surface area contributed by atoms with E-state index in [4.69, 9.17) is 0 Å². The number of rotatable bonds is 1. The SMILES string of the molecule is CCc1ccc(C(F)(F)F)nc1C. The molecule has 72 valence electrons. The summed E-state index contributed by atoms with van der Waals surface area (Å²) in [7, 11) is 0. The average molecular weight is 189 g/mol. The third-order valence-electron chi connectivity index (χ3n) is 1.87. The summed E-state index contributed by atoms with van der Waals surface area (Å²) in [6, 6.07) is 2.50. The van der Waals surface area contributed by atoms with E-state index in [1.807, 2.05) is 6.92 Å². The molecule has 0 amide bonds. The Morgan fingerprint density at radius 1 is 1.31 bits per heavy atom. The molecule has 1 heterocycles. The van der Waals surface area contributed by atoms with Gasteiger partial charge < -0.3 is 0 Å². The summed E-state index contributed by atoms with van der Waals surface area (Å²) >= 11 is 0. The van der Waals surface area contributed by atoms with Crippen molar-refractivity contribution in [3.05, 3.63) is 29.1 Å². The van der Waals surface area contributed by atoms with Crippen molar-refractivity contribution in [1.29, 1.82) is 0 Å². The van der Waals surface area contributed by atoms with Gasteiger partial charge >= 0.3 is 6.18 Å². The minimum atomic E-state index is -4.34. The van der Waals surface area contributed by atoms with E-state index in [9.17, 15) is 13.2 Å². The lowest BCUT2D eigenvalue weighted by Crippen LogP contribution is -2.09. The molecule has 0 N–H and O–H groups in total. The highest BCUT2D eigenvalue weighted by atomic mass is 19.4. The summed E-state index contributed by atoms with van der Waals surface area (Å²) < 4.78 is 36.4. The Labute approximate surface area is 74.6 Å². The van der Waals surface area contributed by atoms with Crippen LogP contribution in [0.1, 0.15) is 23.9 Å². The third-order valence-corrected chi connectivity index (χ3v) is 1.87. The van der Waals surface area contributed by atoms with Gasteiger partial charge in [-0.25, -0.2) is 4.98 Å². The number of alkyl halides is 3. The largest absolute Gasteiger partial charge is 0.433 e. The minimum absolute atomic E-state index is 0.456. The first kappa shape index (κ1) is 10.0.